The molecule has 0 saturated heterocycles. The highest BCUT2D eigenvalue weighted by Crippen LogP contribution is 2.32. The predicted octanol–water partition coefficient (Wildman–Crippen LogP) is 4.67. The zero-order chi connectivity index (χ0) is 12.4. The van der Waals surface area contributed by atoms with Gasteiger partial charge in [-0.15, -0.1) is 11.3 Å². The van der Waals surface area contributed by atoms with E-state index >= 15 is 0 Å². The molecule has 0 fully saturated rings. The number of hydrogen-bond acceptors (Lipinski definition) is 3. The van der Waals surface area contributed by atoms with E-state index in [1.54, 1.807) is 11.3 Å². The Kier molecular flexibility index (Phi) is 3.89. The van der Waals surface area contributed by atoms with Crippen molar-refractivity contribution in [2.75, 3.05) is 0 Å². The molecular formula is C14H17NS2. The SMILES string of the molecule is Cc1ccc(-c2nc(C(C)C)c(CS)s2)cc1. The van der Waals surface area contributed by atoms with Crippen LogP contribution in [0.5, 0.6) is 0 Å². The largest absolute Gasteiger partial charge is 0.241 e. The van der Waals surface area contributed by atoms with Crippen LogP contribution >= 0.6 is 24.0 Å². The van der Waals surface area contributed by atoms with Crippen molar-refractivity contribution >= 4 is 24.0 Å². The number of hydrogen-bond donors (Lipinski definition) is 1. The smallest absolute Gasteiger partial charge is 0.123 e. The summed E-state index contributed by atoms with van der Waals surface area (Å²) in [5, 5.41) is 1.11. The maximum absolute atomic E-state index is 4.75. The van der Waals surface area contributed by atoms with Crippen LogP contribution in [-0.2, 0) is 5.75 Å². The highest BCUT2D eigenvalue weighted by molar-refractivity contribution is 7.79. The topological polar surface area (TPSA) is 12.9 Å². The number of rotatable bonds is 3. The van der Waals surface area contributed by atoms with Gasteiger partial charge < -0.3 is 0 Å². The number of aromatic nitrogens is 1. The quantitative estimate of drug-likeness (QED) is 0.794. The molecule has 0 radical (unpaired) electrons. The van der Waals surface area contributed by atoms with Gasteiger partial charge in [-0.1, -0.05) is 43.7 Å². The second kappa shape index (κ2) is 5.23. The van der Waals surface area contributed by atoms with E-state index in [1.807, 2.05) is 0 Å². The van der Waals surface area contributed by atoms with Crippen molar-refractivity contribution in [3.05, 3.63) is 40.4 Å². The normalized spacial score (nSPS) is 11.1. The molecule has 3 heteroatoms. The molecule has 0 spiro atoms. The minimum atomic E-state index is 0.465. The molecule has 0 saturated carbocycles. The summed E-state index contributed by atoms with van der Waals surface area (Å²) < 4.78 is 0. The van der Waals surface area contributed by atoms with Crippen molar-refractivity contribution in [1.29, 1.82) is 0 Å². The molecule has 2 rings (SSSR count). The lowest BCUT2D eigenvalue weighted by Gasteiger charge is -2.01. The maximum Gasteiger partial charge on any atom is 0.123 e. The average molecular weight is 263 g/mol. The lowest BCUT2D eigenvalue weighted by Crippen LogP contribution is -1.91. The number of benzene rings is 1. The Morgan fingerprint density at radius 3 is 2.35 bits per heavy atom. The molecule has 0 N–H and O–H groups in total. The van der Waals surface area contributed by atoms with Gasteiger partial charge in [-0.05, 0) is 12.8 Å². The molecular weight excluding hydrogens is 246 g/mol. The molecule has 0 atom stereocenters. The summed E-state index contributed by atoms with van der Waals surface area (Å²) in [5.74, 6) is 1.24. The van der Waals surface area contributed by atoms with Gasteiger partial charge in [0.25, 0.3) is 0 Å². The third kappa shape index (κ3) is 2.72. The fraction of sp³-hybridized carbons (Fsp3) is 0.357. The Morgan fingerprint density at radius 1 is 1.24 bits per heavy atom. The fourth-order valence-corrected chi connectivity index (χ4v) is 3.18. The van der Waals surface area contributed by atoms with Crippen molar-refractivity contribution < 1.29 is 0 Å². The Balaban J connectivity index is 2.42. The van der Waals surface area contributed by atoms with E-state index in [2.05, 4.69) is 57.7 Å². The van der Waals surface area contributed by atoms with Crippen LogP contribution in [0.4, 0.5) is 0 Å². The van der Waals surface area contributed by atoms with Crippen LogP contribution in [0.3, 0.4) is 0 Å². The van der Waals surface area contributed by atoms with Crippen LogP contribution in [0.25, 0.3) is 10.6 Å². The van der Waals surface area contributed by atoms with E-state index in [-0.39, 0.29) is 0 Å². The van der Waals surface area contributed by atoms with Crippen molar-refractivity contribution in [3.63, 3.8) is 0 Å². The van der Waals surface area contributed by atoms with E-state index in [9.17, 15) is 0 Å². The van der Waals surface area contributed by atoms with Gasteiger partial charge in [0.2, 0.25) is 0 Å². The molecule has 0 amide bonds. The van der Waals surface area contributed by atoms with Crippen molar-refractivity contribution in [3.8, 4) is 10.6 Å². The summed E-state index contributed by atoms with van der Waals surface area (Å²) in [6, 6.07) is 8.54. The first-order valence-electron chi connectivity index (χ1n) is 5.79. The van der Waals surface area contributed by atoms with Crippen molar-refractivity contribution in [2.24, 2.45) is 0 Å². The predicted molar refractivity (Wildman–Crippen MR) is 79.1 cm³/mol. The Labute approximate surface area is 112 Å². The summed E-state index contributed by atoms with van der Waals surface area (Å²) in [6.07, 6.45) is 0. The van der Waals surface area contributed by atoms with Gasteiger partial charge >= 0.3 is 0 Å². The molecule has 1 heterocycles. The van der Waals surface area contributed by atoms with Gasteiger partial charge in [0.05, 0.1) is 5.69 Å². The first kappa shape index (κ1) is 12.7. The van der Waals surface area contributed by atoms with Crippen LogP contribution in [0.15, 0.2) is 24.3 Å². The Bertz CT molecular complexity index is 497. The standard InChI is InChI=1S/C14H17NS2/c1-9(2)13-12(8-16)17-14(15-13)11-6-4-10(3)5-7-11/h4-7,9,16H,8H2,1-3H3. The third-order valence-electron chi connectivity index (χ3n) is 2.72. The minimum absolute atomic E-state index is 0.465. The lowest BCUT2D eigenvalue weighted by atomic mass is 10.1. The summed E-state index contributed by atoms with van der Waals surface area (Å²) in [4.78, 5) is 6.04. The van der Waals surface area contributed by atoms with Gasteiger partial charge in [-0.2, -0.15) is 12.6 Å². The van der Waals surface area contributed by atoms with Crippen LogP contribution in [-0.4, -0.2) is 4.98 Å². The van der Waals surface area contributed by atoms with E-state index in [0.717, 1.165) is 10.8 Å². The van der Waals surface area contributed by atoms with E-state index in [0.29, 0.717) is 5.92 Å². The summed E-state index contributed by atoms with van der Waals surface area (Å²) in [6.45, 7) is 6.46. The average Bonchev–Trinajstić information content (AvgIpc) is 2.74. The zero-order valence-corrected chi connectivity index (χ0v) is 12.1. The maximum atomic E-state index is 4.75. The molecule has 17 heavy (non-hydrogen) atoms. The van der Waals surface area contributed by atoms with E-state index < -0.39 is 0 Å². The Morgan fingerprint density at radius 2 is 1.88 bits per heavy atom. The molecule has 0 aliphatic rings. The monoisotopic (exact) mass is 263 g/mol. The van der Waals surface area contributed by atoms with Crippen molar-refractivity contribution in [1.82, 2.24) is 4.98 Å². The first-order valence-corrected chi connectivity index (χ1v) is 7.24. The van der Waals surface area contributed by atoms with E-state index in [4.69, 9.17) is 4.98 Å². The second-order valence-electron chi connectivity index (χ2n) is 4.51. The number of nitrogens with zero attached hydrogens (tertiary/aromatic N) is 1. The van der Waals surface area contributed by atoms with Crippen LogP contribution in [0.2, 0.25) is 0 Å². The Hall–Kier alpha value is -0.800. The van der Waals surface area contributed by atoms with Crippen LogP contribution < -0.4 is 0 Å². The van der Waals surface area contributed by atoms with Gasteiger partial charge in [-0.3, -0.25) is 0 Å². The molecule has 0 unspecified atom stereocenters. The van der Waals surface area contributed by atoms with E-state index in [1.165, 1.54) is 21.7 Å². The molecule has 2 aromatic rings. The van der Waals surface area contributed by atoms with Crippen LogP contribution in [0, 0.1) is 6.92 Å². The molecule has 0 aliphatic carbocycles. The van der Waals surface area contributed by atoms with Gasteiger partial charge in [0.15, 0.2) is 0 Å². The fourth-order valence-electron chi connectivity index (χ4n) is 1.75. The number of thiol groups is 1. The summed E-state index contributed by atoms with van der Waals surface area (Å²) >= 11 is 6.15. The van der Waals surface area contributed by atoms with Gasteiger partial charge in [0, 0.05) is 16.2 Å². The van der Waals surface area contributed by atoms with Crippen LogP contribution in [0.1, 0.15) is 35.9 Å². The molecule has 1 aromatic carbocycles. The first-order chi connectivity index (χ1) is 8.11. The molecule has 1 nitrogen and oxygen atoms in total. The van der Waals surface area contributed by atoms with Gasteiger partial charge in [0.1, 0.15) is 5.01 Å². The van der Waals surface area contributed by atoms with Crippen molar-refractivity contribution in [2.45, 2.75) is 32.4 Å². The highest BCUT2D eigenvalue weighted by atomic mass is 32.1. The number of thiazole rings is 1. The molecule has 0 bridgehead atoms. The number of aryl methyl sites for hydroxylation is 1. The molecule has 90 valence electrons. The lowest BCUT2D eigenvalue weighted by molar-refractivity contribution is 0.825. The van der Waals surface area contributed by atoms with Gasteiger partial charge in [-0.25, -0.2) is 4.98 Å². The zero-order valence-electron chi connectivity index (χ0n) is 10.4. The summed E-state index contributed by atoms with van der Waals surface area (Å²) in [5.41, 5.74) is 3.68. The summed E-state index contributed by atoms with van der Waals surface area (Å²) in [7, 11) is 0. The molecule has 1 aromatic heterocycles. The highest BCUT2D eigenvalue weighted by Gasteiger charge is 2.13. The molecule has 0 aliphatic heterocycles. The minimum Gasteiger partial charge on any atom is -0.241 e. The third-order valence-corrected chi connectivity index (χ3v) is 4.37. The second-order valence-corrected chi connectivity index (χ2v) is 5.91.